The molecule has 1 aliphatic heterocycles. The maximum atomic E-state index is 11.9. The van der Waals surface area contributed by atoms with Crippen molar-refractivity contribution in [1.29, 1.82) is 0 Å². The number of halogens is 1. The maximum absolute atomic E-state index is 11.9. The number of rotatable bonds is 5. The van der Waals surface area contributed by atoms with Crippen LogP contribution in [0.3, 0.4) is 0 Å². The second-order valence-corrected chi connectivity index (χ2v) is 6.83. The molecule has 0 spiro atoms. The van der Waals surface area contributed by atoms with Crippen LogP contribution in [0.15, 0.2) is 53.7 Å². The van der Waals surface area contributed by atoms with Crippen molar-refractivity contribution in [3.63, 3.8) is 0 Å². The van der Waals surface area contributed by atoms with E-state index in [0.717, 1.165) is 43.1 Å². The monoisotopic (exact) mass is 508 g/mol. The number of hydrogen-bond donors (Lipinski definition) is 1. The third-order valence-corrected chi connectivity index (χ3v) is 4.96. The van der Waals surface area contributed by atoms with Gasteiger partial charge in [0.25, 0.3) is 0 Å². The summed E-state index contributed by atoms with van der Waals surface area (Å²) in [5, 5.41) is 3.44. The van der Waals surface area contributed by atoms with Crippen LogP contribution in [-0.4, -0.2) is 48.6 Å². The molecule has 2 aromatic rings. The molecule has 0 bridgehead atoms. The molecule has 0 unspecified atom stereocenters. The second-order valence-electron chi connectivity index (χ2n) is 6.83. The van der Waals surface area contributed by atoms with Gasteiger partial charge < -0.3 is 15.0 Å². The lowest BCUT2D eigenvalue weighted by atomic mass is 9.97. The van der Waals surface area contributed by atoms with E-state index in [9.17, 15) is 4.79 Å². The van der Waals surface area contributed by atoms with Gasteiger partial charge in [-0.1, -0.05) is 24.3 Å². The lowest BCUT2D eigenvalue weighted by Gasteiger charge is -2.33. The topological polar surface area (TPSA) is 66.8 Å². The fourth-order valence-electron chi connectivity index (χ4n) is 3.47. The number of aromatic nitrogens is 1. The Kier molecular flexibility index (Phi) is 9.37. The van der Waals surface area contributed by atoms with E-state index in [1.54, 1.807) is 7.05 Å². The highest BCUT2D eigenvalue weighted by Gasteiger charge is 2.27. The number of guanidine groups is 1. The van der Waals surface area contributed by atoms with Gasteiger partial charge in [0.15, 0.2) is 5.96 Å². The van der Waals surface area contributed by atoms with Gasteiger partial charge in [0.05, 0.1) is 18.2 Å². The SMILES string of the molecule is CCOC(=O)C1CCN(C(=NC)NCc2cccc(-c3ccccn3)c2)CC1.I. The van der Waals surface area contributed by atoms with Gasteiger partial charge in [0, 0.05) is 38.4 Å². The van der Waals surface area contributed by atoms with Crippen LogP contribution in [0.25, 0.3) is 11.3 Å². The highest BCUT2D eigenvalue weighted by Crippen LogP contribution is 2.20. The third-order valence-electron chi connectivity index (χ3n) is 4.96. The quantitative estimate of drug-likeness (QED) is 0.289. The molecule has 0 aliphatic carbocycles. The van der Waals surface area contributed by atoms with Crippen molar-refractivity contribution in [2.45, 2.75) is 26.3 Å². The number of hydrogen-bond acceptors (Lipinski definition) is 4. The molecule has 3 rings (SSSR count). The second kappa shape index (κ2) is 11.7. The Hall–Kier alpha value is -2.16. The summed E-state index contributed by atoms with van der Waals surface area (Å²) in [5.41, 5.74) is 3.24. The van der Waals surface area contributed by atoms with E-state index in [1.165, 1.54) is 5.56 Å². The van der Waals surface area contributed by atoms with Gasteiger partial charge in [-0.15, -0.1) is 24.0 Å². The van der Waals surface area contributed by atoms with Gasteiger partial charge in [-0.25, -0.2) is 0 Å². The van der Waals surface area contributed by atoms with Crippen molar-refractivity contribution >= 4 is 35.9 Å². The van der Waals surface area contributed by atoms with Crippen molar-refractivity contribution < 1.29 is 9.53 Å². The van der Waals surface area contributed by atoms with Crippen LogP contribution in [0.1, 0.15) is 25.3 Å². The first-order valence-electron chi connectivity index (χ1n) is 9.84. The first-order valence-corrected chi connectivity index (χ1v) is 9.84. The molecule has 0 amide bonds. The minimum Gasteiger partial charge on any atom is -0.466 e. The first kappa shape index (κ1) is 23.1. The van der Waals surface area contributed by atoms with Crippen molar-refractivity contribution in [1.82, 2.24) is 15.2 Å². The zero-order valence-corrected chi connectivity index (χ0v) is 19.3. The van der Waals surface area contributed by atoms with Gasteiger partial charge in [0.1, 0.15) is 0 Å². The summed E-state index contributed by atoms with van der Waals surface area (Å²) in [6.45, 7) is 4.58. The summed E-state index contributed by atoms with van der Waals surface area (Å²) in [4.78, 5) is 23.0. The molecule has 156 valence electrons. The molecule has 1 aromatic heterocycles. The molecule has 1 fully saturated rings. The lowest BCUT2D eigenvalue weighted by Crippen LogP contribution is -2.46. The number of nitrogens with one attached hydrogen (secondary N) is 1. The molecular formula is C22H29IN4O2. The average Bonchev–Trinajstić information content (AvgIpc) is 2.75. The number of benzene rings is 1. The van der Waals surface area contributed by atoms with Crippen molar-refractivity contribution in [2.75, 3.05) is 26.7 Å². The number of ether oxygens (including phenoxy) is 1. The molecule has 6 nitrogen and oxygen atoms in total. The number of carbonyl (C=O) groups excluding carboxylic acids is 1. The summed E-state index contributed by atoms with van der Waals surface area (Å²) in [5.74, 6) is 0.798. The van der Waals surface area contributed by atoms with Gasteiger partial charge in [-0.2, -0.15) is 0 Å². The van der Waals surface area contributed by atoms with E-state index in [0.29, 0.717) is 13.2 Å². The Labute approximate surface area is 189 Å². The molecule has 29 heavy (non-hydrogen) atoms. The first-order chi connectivity index (χ1) is 13.7. The van der Waals surface area contributed by atoms with Crippen LogP contribution in [0.2, 0.25) is 0 Å². The van der Waals surface area contributed by atoms with Gasteiger partial charge in [0.2, 0.25) is 0 Å². The number of piperidine rings is 1. The van der Waals surface area contributed by atoms with E-state index >= 15 is 0 Å². The highest BCUT2D eigenvalue weighted by atomic mass is 127. The molecule has 1 aromatic carbocycles. The van der Waals surface area contributed by atoms with Crippen LogP contribution >= 0.6 is 24.0 Å². The van der Waals surface area contributed by atoms with Gasteiger partial charge in [-0.05, 0) is 43.5 Å². The summed E-state index contributed by atoms with van der Waals surface area (Å²) >= 11 is 0. The van der Waals surface area contributed by atoms with Crippen LogP contribution in [-0.2, 0) is 16.1 Å². The predicted molar refractivity (Wildman–Crippen MR) is 126 cm³/mol. The van der Waals surface area contributed by atoms with Crippen LogP contribution in [0.4, 0.5) is 0 Å². The largest absolute Gasteiger partial charge is 0.466 e. The van der Waals surface area contributed by atoms with Crippen LogP contribution < -0.4 is 5.32 Å². The standard InChI is InChI=1S/C22H28N4O2.HI/c1-3-28-21(27)18-10-13-26(14-11-18)22(23-2)25-16-17-7-6-8-19(15-17)20-9-4-5-12-24-20;/h4-9,12,15,18H,3,10-11,13-14,16H2,1-2H3,(H,23,25);1H. The normalized spacial score (nSPS) is 14.8. The number of nitrogens with zero attached hydrogens (tertiary/aromatic N) is 3. The molecule has 1 saturated heterocycles. The number of aliphatic imine (C=N–C) groups is 1. The van der Waals surface area contributed by atoms with E-state index in [1.807, 2.05) is 31.3 Å². The Morgan fingerprint density at radius 1 is 1.24 bits per heavy atom. The van der Waals surface area contributed by atoms with E-state index in [2.05, 4.69) is 44.5 Å². The van der Waals surface area contributed by atoms with Crippen molar-refractivity contribution in [3.05, 3.63) is 54.2 Å². The Bertz CT molecular complexity index is 805. The summed E-state index contributed by atoms with van der Waals surface area (Å²) in [7, 11) is 1.80. The van der Waals surface area contributed by atoms with E-state index in [-0.39, 0.29) is 35.9 Å². The number of carbonyl (C=O) groups is 1. The number of esters is 1. The maximum Gasteiger partial charge on any atom is 0.309 e. The number of pyridine rings is 1. The molecular weight excluding hydrogens is 479 g/mol. The van der Waals surface area contributed by atoms with Gasteiger partial charge >= 0.3 is 5.97 Å². The molecule has 7 heteroatoms. The fourth-order valence-corrected chi connectivity index (χ4v) is 3.47. The highest BCUT2D eigenvalue weighted by molar-refractivity contribution is 14.0. The average molecular weight is 508 g/mol. The summed E-state index contributed by atoms with van der Waals surface area (Å²) < 4.78 is 5.15. The Morgan fingerprint density at radius 3 is 2.69 bits per heavy atom. The van der Waals surface area contributed by atoms with E-state index < -0.39 is 0 Å². The molecule has 1 aliphatic rings. The zero-order valence-electron chi connectivity index (χ0n) is 17.0. The molecule has 0 saturated carbocycles. The molecule has 2 heterocycles. The third kappa shape index (κ3) is 6.42. The molecule has 0 radical (unpaired) electrons. The smallest absolute Gasteiger partial charge is 0.309 e. The van der Waals surface area contributed by atoms with Gasteiger partial charge in [-0.3, -0.25) is 14.8 Å². The Balaban J connectivity index is 0.00000300. The number of likely N-dealkylation sites (tertiary alicyclic amines) is 1. The van der Waals surface area contributed by atoms with Crippen molar-refractivity contribution in [3.8, 4) is 11.3 Å². The fraction of sp³-hybridized carbons (Fsp3) is 0.409. The Morgan fingerprint density at radius 2 is 2.03 bits per heavy atom. The lowest BCUT2D eigenvalue weighted by molar-refractivity contribution is -0.149. The molecule has 1 N–H and O–H groups in total. The van der Waals surface area contributed by atoms with Crippen LogP contribution in [0.5, 0.6) is 0 Å². The summed E-state index contributed by atoms with van der Waals surface area (Å²) in [6.07, 6.45) is 3.41. The zero-order chi connectivity index (χ0) is 19.8. The van der Waals surface area contributed by atoms with E-state index in [4.69, 9.17) is 4.74 Å². The predicted octanol–water partition coefficient (Wildman–Crippen LogP) is 3.72. The molecule has 0 atom stereocenters. The minimum atomic E-state index is -0.0727. The van der Waals surface area contributed by atoms with Crippen molar-refractivity contribution in [2.24, 2.45) is 10.9 Å². The van der Waals surface area contributed by atoms with Crippen LogP contribution in [0, 0.1) is 5.92 Å². The summed E-state index contributed by atoms with van der Waals surface area (Å²) in [6, 6.07) is 14.3. The minimum absolute atomic E-state index is 0.